The number of hydrogen-bond acceptors (Lipinski definition) is 6. The van der Waals surface area contributed by atoms with Gasteiger partial charge in [-0.2, -0.15) is 5.10 Å². The van der Waals surface area contributed by atoms with Gasteiger partial charge in [-0.3, -0.25) is 9.89 Å². The third-order valence-corrected chi connectivity index (χ3v) is 6.86. The van der Waals surface area contributed by atoms with Gasteiger partial charge in [-0.05, 0) is 58.3 Å². The molecule has 2 aromatic rings. The van der Waals surface area contributed by atoms with Gasteiger partial charge in [0, 0.05) is 63.6 Å². The number of methoxy groups -OCH3 is 1. The van der Waals surface area contributed by atoms with Gasteiger partial charge in [0.15, 0.2) is 0 Å². The Morgan fingerprint density at radius 1 is 1.14 bits per heavy atom. The molecular weight excluding hydrogens is 442 g/mol. The molecule has 3 rings (SSSR count). The van der Waals surface area contributed by atoms with Crippen LogP contribution in [0.5, 0.6) is 5.75 Å². The second-order valence-corrected chi connectivity index (χ2v) is 9.49. The first-order valence-corrected chi connectivity index (χ1v) is 12.9. The fourth-order valence-electron chi connectivity index (χ4n) is 4.95. The van der Waals surface area contributed by atoms with E-state index in [0.29, 0.717) is 25.6 Å². The first kappa shape index (κ1) is 27.2. The molecule has 0 saturated heterocycles. The van der Waals surface area contributed by atoms with Crippen LogP contribution in [-0.2, 0) is 16.1 Å². The smallest absolute Gasteiger partial charge is 0.226 e. The van der Waals surface area contributed by atoms with Crippen LogP contribution in [0.15, 0.2) is 36.5 Å². The highest BCUT2D eigenvalue weighted by molar-refractivity contribution is 5.76. The number of nitrogens with one attached hydrogen (secondary N) is 2. The summed E-state index contributed by atoms with van der Waals surface area (Å²) in [6.45, 7) is 4.67. The highest BCUT2D eigenvalue weighted by Crippen LogP contribution is 2.36. The maximum Gasteiger partial charge on any atom is 0.226 e. The minimum Gasteiger partial charge on any atom is -0.493 e. The standard InChI is InChI=1S/C27H43N5O3/c1-28-15-17-31(2)21-23-20-29-30-27(23)22-10-12-24(13-11-22)32(16-7-18-34-3)26(33)14-19-35-25-8-5-4-6-9-25/h4-6,8-9,20,22,24,28H,7,10-19,21H2,1-3H3,(H,29,30)/t22-,24+. The molecule has 0 radical (unpaired) electrons. The molecule has 0 atom stereocenters. The fourth-order valence-corrected chi connectivity index (χ4v) is 4.95. The van der Waals surface area contributed by atoms with Gasteiger partial charge in [0.25, 0.3) is 0 Å². The summed E-state index contributed by atoms with van der Waals surface area (Å²) >= 11 is 0. The van der Waals surface area contributed by atoms with Crippen LogP contribution in [0.25, 0.3) is 0 Å². The van der Waals surface area contributed by atoms with Crippen molar-refractivity contribution in [2.75, 3.05) is 54.1 Å². The van der Waals surface area contributed by atoms with E-state index in [2.05, 4.69) is 32.4 Å². The lowest BCUT2D eigenvalue weighted by Crippen LogP contribution is -2.43. The maximum atomic E-state index is 13.2. The van der Waals surface area contributed by atoms with Gasteiger partial charge < -0.3 is 24.6 Å². The number of para-hydroxylation sites is 1. The van der Waals surface area contributed by atoms with Crippen molar-refractivity contribution in [2.24, 2.45) is 0 Å². The van der Waals surface area contributed by atoms with E-state index in [-0.39, 0.29) is 11.9 Å². The van der Waals surface area contributed by atoms with E-state index in [1.165, 1.54) is 11.3 Å². The summed E-state index contributed by atoms with van der Waals surface area (Å²) in [7, 11) is 5.84. The molecule has 1 aliphatic rings. The Morgan fingerprint density at radius 2 is 1.91 bits per heavy atom. The Balaban J connectivity index is 1.53. The lowest BCUT2D eigenvalue weighted by atomic mass is 9.82. The zero-order valence-electron chi connectivity index (χ0n) is 21.7. The van der Waals surface area contributed by atoms with E-state index < -0.39 is 0 Å². The molecule has 1 aromatic heterocycles. The predicted octanol–water partition coefficient (Wildman–Crippen LogP) is 3.42. The van der Waals surface area contributed by atoms with Crippen LogP contribution in [0.1, 0.15) is 55.7 Å². The molecule has 2 N–H and O–H groups in total. The minimum atomic E-state index is 0.173. The Kier molecular flexibility index (Phi) is 11.5. The van der Waals surface area contributed by atoms with Gasteiger partial charge in [0.2, 0.25) is 5.91 Å². The van der Waals surface area contributed by atoms with Crippen molar-refractivity contribution in [1.82, 2.24) is 25.3 Å². The number of carbonyl (C=O) groups is 1. The molecule has 1 amide bonds. The first-order chi connectivity index (χ1) is 17.1. The number of ether oxygens (including phenoxy) is 2. The van der Waals surface area contributed by atoms with E-state index >= 15 is 0 Å². The maximum absolute atomic E-state index is 13.2. The van der Waals surface area contributed by atoms with Crippen LogP contribution in [0.4, 0.5) is 0 Å². The van der Waals surface area contributed by atoms with Gasteiger partial charge in [-0.15, -0.1) is 0 Å². The molecular formula is C27H43N5O3. The average molecular weight is 486 g/mol. The summed E-state index contributed by atoms with van der Waals surface area (Å²) in [5, 5.41) is 10.9. The summed E-state index contributed by atoms with van der Waals surface area (Å²) in [6.07, 6.45) is 7.41. The van der Waals surface area contributed by atoms with Crippen LogP contribution >= 0.6 is 0 Å². The summed E-state index contributed by atoms with van der Waals surface area (Å²) in [4.78, 5) is 17.6. The molecule has 1 heterocycles. The molecule has 194 valence electrons. The molecule has 8 nitrogen and oxygen atoms in total. The van der Waals surface area contributed by atoms with Crippen LogP contribution in [0.3, 0.4) is 0 Å². The summed E-state index contributed by atoms with van der Waals surface area (Å²) < 4.78 is 11.0. The molecule has 1 aromatic carbocycles. The molecule has 1 aliphatic carbocycles. The van der Waals surface area contributed by atoms with Gasteiger partial charge in [0.05, 0.1) is 18.7 Å². The minimum absolute atomic E-state index is 0.173. The topological polar surface area (TPSA) is 82.7 Å². The third-order valence-electron chi connectivity index (χ3n) is 6.86. The van der Waals surface area contributed by atoms with Gasteiger partial charge in [0.1, 0.15) is 5.75 Å². The number of rotatable bonds is 15. The number of likely N-dealkylation sites (N-methyl/N-ethyl adjacent to an activating group) is 2. The largest absolute Gasteiger partial charge is 0.493 e. The Labute approximate surface area is 210 Å². The Bertz CT molecular complexity index is 852. The summed E-state index contributed by atoms with van der Waals surface area (Å²) in [5.74, 6) is 1.42. The van der Waals surface area contributed by atoms with Crippen molar-refractivity contribution in [3.63, 3.8) is 0 Å². The van der Waals surface area contributed by atoms with Crippen molar-refractivity contribution in [3.05, 3.63) is 47.8 Å². The number of hydrogen-bond donors (Lipinski definition) is 2. The van der Waals surface area contributed by atoms with Crippen LogP contribution < -0.4 is 10.1 Å². The molecule has 0 unspecified atom stereocenters. The third kappa shape index (κ3) is 8.63. The monoisotopic (exact) mass is 485 g/mol. The van der Waals surface area contributed by atoms with Crippen LogP contribution in [0, 0.1) is 0 Å². The molecule has 0 bridgehead atoms. The lowest BCUT2D eigenvalue weighted by molar-refractivity contribution is -0.135. The van der Waals surface area contributed by atoms with Crippen molar-refractivity contribution in [2.45, 2.75) is 57.0 Å². The van der Waals surface area contributed by atoms with Gasteiger partial charge >= 0.3 is 0 Å². The first-order valence-electron chi connectivity index (χ1n) is 12.9. The number of nitrogens with zero attached hydrogens (tertiary/aromatic N) is 3. The average Bonchev–Trinajstić information content (AvgIpc) is 3.34. The van der Waals surface area contributed by atoms with Crippen molar-refractivity contribution >= 4 is 5.91 Å². The second-order valence-electron chi connectivity index (χ2n) is 9.49. The molecule has 1 saturated carbocycles. The molecule has 1 fully saturated rings. The van der Waals surface area contributed by atoms with E-state index in [9.17, 15) is 4.79 Å². The number of carbonyl (C=O) groups excluding carboxylic acids is 1. The number of benzene rings is 1. The second kappa shape index (κ2) is 14.9. The number of H-pyrrole nitrogens is 1. The summed E-state index contributed by atoms with van der Waals surface area (Å²) in [6, 6.07) is 9.96. The molecule has 0 spiro atoms. The normalized spacial score (nSPS) is 18.1. The highest BCUT2D eigenvalue weighted by atomic mass is 16.5. The Morgan fingerprint density at radius 3 is 2.63 bits per heavy atom. The number of amides is 1. The lowest BCUT2D eigenvalue weighted by Gasteiger charge is -2.37. The summed E-state index contributed by atoms with van der Waals surface area (Å²) in [5.41, 5.74) is 2.49. The van der Waals surface area contributed by atoms with Crippen molar-refractivity contribution in [1.29, 1.82) is 0 Å². The van der Waals surface area contributed by atoms with Crippen molar-refractivity contribution < 1.29 is 14.3 Å². The van der Waals surface area contributed by atoms with E-state index in [0.717, 1.165) is 64.0 Å². The highest BCUT2D eigenvalue weighted by Gasteiger charge is 2.31. The van der Waals surface area contributed by atoms with Crippen molar-refractivity contribution in [3.8, 4) is 5.75 Å². The zero-order chi connectivity index (χ0) is 24.9. The SMILES string of the molecule is CNCCN(C)Cc1c[nH]nc1[C@H]1CC[C@@H](N(CCCOC)C(=O)CCOc2ccccc2)CC1. The number of aromatic nitrogens is 2. The quantitative estimate of drug-likeness (QED) is 0.376. The Hall–Kier alpha value is -2.42. The number of aromatic amines is 1. The van der Waals surface area contributed by atoms with E-state index in [4.69, 9.17) is 9.47 Å². The predicted molar refractivity (Wildman–Crippen MR) is 139 cm³/mol. The molecule has 35 heavy (non-hydrogen) atoms. The van der Waals surface area contributed by atoms with Crippen LogP contribution in [-0.4, -0.2) is 86.0 Å². The van der Waals surface area contributed by atoms with Gasteiger partial charge in [-0.1, -0.05) is 18.2 Å². The zero-order valence-corrected chi connectivity index (χ0v) is 21.7. The molecule has 8 heteroatoms. The molecule has 0 aliphatic heterocycles. The van der Waals surface area contributed by atoms with E-state index in [1.54, 1.807) is 7.11 Å². The van der Waals surface area contributed by atoms with Crippen LogP contribution in [0.2, 0.25) is 0 Å². The van der Waals surface area contributed by atoms with E-state index in [1.807, 2.05) is 43.6 Å². The van der Waals surface area contributed by atoms with Gasteiger partial charge in [-0.25, -0.2) is 0 Å². The fraction of sp³-hybridized carbons (Fsp3) is 0.630.